The van der Waals surface area contributed by atoms with E-state index in [0.29, 0.717) is 24.2 Å². The molecular formula is C38H46N2O2. The second kappa shape index (κ2) is 14.5. The Hall–Kier alpha value is -3.66. The summed E-state index contributed by atoms with van der Waals surface area (Å²) in [5, 5.41) is 15.0. The number of carbonyl (C=O) groups is 2. The fraction of sp³-hybridized carbons (Fsp3) is 0.421. The molecule has 2 N–H and O–H groups in total. The van der Waals surface area contributed by atoms with Gasteiger partial charge in [-0.25, -0.2) is 0 Å². The summed E-state index contributed by atoms with van der Waals surface area (Å²) < 4.78 is 0. The first-order valence-corrected chi connectivity index (χ1v) is 16.3. The van der Waals surface area contributed by atoms with E-state index in [0.717, 1.165) is 58.0 Å². The second-order valence-corrected chi connectivity index (χ2v) is 11.8. The molecular weight excluding hydrogens is 516 g/mol. The predicted octanol–water partition coefficient (Wildman–Crippen LogP) is 9.92. The van der Waals surface area contributed by atoms with E-state index in [-0.39, 0.29) is 11.8 Å². The van der Waals surface area contributed by atoms with Gasteiger partial charge in [-0.1, -0.05) is 127 Å². The van der Waals surface area contributed by atoms with Crippen molar-refractivity contribution in [3.05, 3.63) is 71.8 Å². The number of rotatable bonds is 16. The average molecular weight is 563 g/mol. The van der Waals surface area contributed by atoms with Gasteiger partial charge >= 0.3 is 0 Å². The Bertz CT molecular complexity index is 1540. The van der Waals surface area contributed by atoms with E-state index >= 15 is 0 Å². The number of carbonyl (C=O) groups excluding carboxylic acids is 2. The van der Waals surface area contributed by atoms with E-state index in [4.69, 9.17) is 0 Å². The summed E-state index contributed by atoms with van der Waals surface area (Å²) in [7, 11) is 0. The molecule has 0 aromatic heterocycles. The third-order valence-corrected chi connectivity index (χ3v) is 8.77. The number of unbranched alkanes of at least 4 members (excludes halogenated alkanes) is 10. The molecule has 2 amide bonds. The lowest BCUT2D eigenvalue weighted by atomic mass is 9.86. The third-order valence-electron chi connectivity index (χ3n) is 8.77. The zero-order valence-electron chi connectivity index (χ0n) is 25.5. The summed E-state index contributed by atoms with van der Waals surface area (Å²) >= 11 is 0. The Morgan fingerprint density at radius 2 is 0.905 bits per heavy atom. The molecule has 0 heterocycles. The summed E-state index contributed by atoms with van der Waals surface area (Å²) in [6, 6.07) is 20.8. The summed E-state index contributed by atoms with van der Waals surface area (Å²) in [6.45, 7) is 5.75. The van der Waals surface area contributed by atoms with Gasteiger partial charge in [0.25, 0.3) is 11.8 Å². The molecule has 0 saturated heterocycles. The molecule has 220 valence electrons. The molecule has 0 unspecified atom stereocenters. The Morgan fingerprint density at radius 3 is 1.38 bits per heavy atom. The van der Waals surface area contributed by atoms with Crippen molar-refractivity contribution in [3.8, 4) is 0 Å². The van der Waals surface area contributed by atoms with Crippen molar-refractivity contribution in [2.24, 2.45) is 0 Å². The average Bonchev–Trinajstić information content (AvgIpc) is 3.02. The van der Waals surface area contributed by atoms with Gasteiger partial charge in [-0.2, -0.15) is 0 Å². The van der Waals surface area contributed by atoms with Crippen molar-refractivity contribution < 1.29 is 9.59 Å². The van der Waals surface area contributed by atoms with Gasteiger partial charge in [0.05, 0.1) is 0 Å². The first-order chi connectivity index (χ1) is 20.7. The van der Waals surface area contributed by atoms with Gasteiger partial charge in [-0.15, -0.1) is 0 Å². The summed E-state index contributed by atoms with van der Waals surface area (Å²) in [6.07, 6.45) is 14.1. The molecule has 0 bridgehead atoms. The zero-order valence-corrected chi connectivity index (χ0v) is 25.5. The van der Waals surface area contributed by atoms with Gasteiger partial charge in [0.15, 0.2) is 0 Å². The lowest BCUT2D eigenvalue weighted by Gasteiger charge is -2.19. The zero-order chi connectivity index (χ0) is 29.3. The SMILES string of the molecule is CCCCCCCCNC(=O)c1ccc2c3cccc4cccc(c5ccc(C(=O)NCCCCCCCC)c1c25)c43. The van der Waals surface area contributed by atoms with Gasteiger partial charge in [-0.05, 0) is 62.7 Å². The van der Waals surface area contributed by atoms with E-state index in [2.05, 4.69) is 73.0 Å². The van der Waals surface area contributed by atoms with Gasteiger partial charge in [0.2, 0.25) is 0 Å². The minimum absolute atomic E-state index is 0.103. The molecule has 0 fully saturated rings. The maximum absolute atomic E-state index is 13.7. The van der Waals surface area contributed by atoms with Crippen LogP contribution in [0.4, 0.5) is 0 Å². The second-order valence-electron chi connectivity index (χ2n) is 11.8. The van der Waals surface area contributed by atoms with Crippen molar-refractivity contribution in [1.82, 2.24) is 10.6 Å². The summed E-state index contributed by atoms with van der Waals surface area (Å²) in [5.41, 5.74) is 1.16. The van der Waals surface area contributed by atoms with Gasteiger partial charge in [-0.3, -0.25) is 9.59 Å². The molecule has 42 heavy (non-hydrogen) atoms. The quantitative estimate of drug-likeness (QED) is 0.0714. The summed E-state index contributed by atoms with van der Waals surface area (Å²) in [4.78, 5) is 27.4. The normalized spacial score (nSPS) is 11.7. The molecule has 0 aliphatic carbocycles. The topological polar surface area (TPSA) is 58.2 Å². The Morgan fingerprint density at radius 1 is 0.476 bits per heavy atom. The highest BCUT2D eigenvalue weighted by atomic mass is 16.2. The number of hydrogen-bond acceptors (Lipinski definition) is 2. The maximum atomic E-state index is 13.7. The van der Waals surface area contributed by atoms with Crippen molar-refractivity contribution in [2.45, 2.75) is 90.9 Å². The van der Waals surface area contributed by atoms with Crippen molar-refractivity contribution in [2.75, 3.05) is 13.1 Å². The van der Waals surface area contributed by atoms with Crippen LogP contribution in [-0.4, -0.2) is 24.9 Å². The van der Waals surface area contributed by atoms with Crippen LogP contribution in [0.3, 0.4) is 0 Å². The maximum Gasteiger partial charge on any atom is 0.251 e. The van der Waals surface area contributed by atoms with Crippen LogP contribution in [0.25, 0.3) is 43.1 Å². The highest BCUT2D eigenvalue weighted by Crippen LogP contribution is 2.42. The third kappa shape index (κ3) is 6.38. The number of amides is 2. The lowest BCUT2D eigenvalue weighted by Crippen LogP contribution is -2.27. The fourth-order valence-corrected chi connectivity index (χ4v) is 6.52. The van der Waals surface area contributed by atoms with Crippen LogP contribution in [-0.2, 0) is 0 Å². The van der Waals surface area contributed by atoms with Gasteiger partial charge < -0.3 is 10.6 Å². The molecule has 0 atom stereocenters. The van der Waals surface area contributed by atoms with E-state index < -0.39 is 0 Å². The van der Waals surface area contributed by atoms with E-state index in [1.54, 1.807) is 0 Å². The standard InChI is InChI=1S/C38H46N2O2/c1-3-5-7-9-11-13-25-39-37(41)32-23-21-30-28-19-15-17-27-18-16-20-29(34(27)28)31-22-24-33(36(32)35(30)31)38(42)40-26-14-12-10-8-6-4-2/h15-24H,3-14,25-26H2,1-2H3,(H,39,41)(H,40,42). The highest BCUT2D eigenvalue weighted by Gasteiger charge is 2.22. The molecule has 0 aliphatic rings. The van der Waals surface area contributed by atoms with Crippen molar-refractivity contribution in [3.63, 3.8) is 0 Å². The predicted molar refractivity (Wildman–Crippen MR) is 179 cm³/mol. The molecule has 4 nitrogen and oxygen atoms in total. The Labute approximate surface area is 250 Å². The van der Waals surface area contributed by atoms with E-state index in [1.807, 2.05) is 12.1 Å². The van der Waals surface area contributed by atoms with E-state index in [9.17, 15) is 9.59 Å². The fourth-order valence-electron chi connectivity index (χ4n) is 6.52. The first kappa shape index (κ1) is 29.8. The van der Waals surface area contributed by atoms with E-state index in [1.165, 1.54) is 62.1 Å². The van der Waals surface area contributed by atoms with Crippen molar-refractivity contribution >= 4 is 54.9 Å². The van der Waals surface area contributed by atoms with Crippen molar-refractivity contribution in [1.29, 1.82) is 0 Å². The van der Waals surface area contributed by atoms with Crippen LogP contribution in [0.1, 0.15) is 112 Å². The number of benzene rings is 5. The minimum Gasteiger partial charge on any atom is -0.352 e. The van der Waals surface area contributed by atoms with Crippen LogP contribution in [0.2, 0.25) is 0 Å². The monoisotopic (exact) mass is 562 g/mol. The molecule has 5 aromatic rings. The molecule has 5 rings (SSSR count). The van der Waals surface area contributed by atoms with Crippen LogP contribution in [0.5, 0.6) is 0 Å². The summed E-state index contributed by atoms with van der Waals surface area (Å²) in [5.74, 6) is -0.205. The van der Waals surface area contributed by atoms with Crippen LogP contribution in [0.15, 0.2) is 60.7 Å². The molecule has 0 saturated carbocycles. The molecule has 5 aromatic carbocycles. The number of fused-ring (bicyclic) bond motifs is 2. The number of nitrogens with one attached hydrogen (secondary N) is 2. The van der Waals surface area contributed by atoms with Gasteiger partial charge in [0.1, 0.15) is 0 Å². The van der Waals surface area contributed by atoms with Gasteiger partial charge in [0, 0.05) is 29.6 Å². The largest absolute Gasteiger partial charge is 0.352 e. The molecule has 0 aliphatic heterocycles. The van der Waals surface area contributed by atoms with Crippen LogP contribution in [0, 0.1) is 0 Å². The molecule has 0 radical (unpaired) electrons. The first-order valence-electron chi connectivity index (χ1n) is 16.3. The minimum atomic E-state index is -0.103. The molecule has 4 heteroatoms. The van der Waals surface area contributed by atoms with Crippen LogP contribution < -0.4 is 10.6 Å². The number of hydrogen-bond donors (Lipinski definition) is 2. The smallest absolute Gasteiger partial charge is 0.251 e. The highest BCUT2D eigenvalue weighted by molar-refractivity contribution is 6.36. The Kier molecular flexibility index (Phi) is 10.3. The lowest BCUT2D eigenvalue weighted by molar-refractivity contribution is 0.0951. The van der Waals surface area contributed by atoms with Crippen LogP contribution >= 0.6 is 0 Å². The Balaban J connectivity index is 1.49. The molecule has 0 spiro atoms.